The van der Waals surface area contributed by atoms with E-state index in [0.717, 1.165) is 115 Å². The summed E-state index contributed by atoms with van der Waals surface area (Å²) in [5, 5.41) is 16.1. The van der Waals surface area contributed by atoms with Gasteiger partial charge in [-0.3, -0.25) is 4.90 Å². The Labute approximate surface area is 269 Å². The van der Waals surface area contributed by atoms with Crippen LogP contribution in [0.2, 0.25) is 0 Å². The first-order chi connectivity index (χ1) is 22.3. The van der Waals surface area contributed by atoms with Crippen LogP contribution < -0.4 is 10.5 Å². The quantitative estimate of drug-likeness (QED) is 0.211. The van der Waals surface area contributed by atoms with Gasteiger partial charge in [0.2, 0.25) is 0 Å². The third-order valence-corrected chi connectivity index (χ3v) is 9.85. The Hall–Kier alpha value is -4.06. The highest BCUT2D eigenvalue weighted by atomic mass is 16.5. The van der Waals surface area contributed by atoms with Crippen molar-refractivity contribution >= 4 is 27.9 Å². The first-order valence-electron chi connectivity index (χ1n) is 16.5. The van der Waals surface area contributed by atoms with Gasteiger partial charge in [-0.2, -0.15) is 5.10 Å². The lowest BCUT2D eigenvalue weighted by Gasteiger charge is -2.42. The molecule has 1 saturated heterocycles. The number of anilines is 1. The van der Waals surface area contributed by atoms with Crippen LogP contribution in [-0.2, 0) is 6.42 Å². The standard InChI is InChI=1S/C35H45N9O2/c1-35(2,45)14-15-42-16-18-43(19-17-42)25-9-11-26(12-10-25)44-34-31(33(36)37-22-38-34)32(41-44)24-8-13-27-28(20-24)40-30(39-27)21-23-6-4-5-7-29(23)46-3/h4-8,13,20,22,25-26,45H,9-12,14-19,21H2,1-3H3,(H,39,40)(H2,36,37,38)/t25-,26-. The number of fused-ring (bicyclic) bond motifs is 2. The van der Waals surface area contributed by atoms with Crippen molar-refractivity contribution in [3.05, 3.63) is 60.2 Å². The van der Waals surface area contributed by atoms with Gasteiger partial charge in [0, 0.05) is 56.3 Å². The SMILES string of the molecule is COc1ccccc1Cc1nc2ccc(-c3nn([C@H]4CC[C@H](N5CCN(CCC(C)(C)O)CC5)CC4)c4ncnc(N)c34)cc2[nH]1. The Kier molecular flexibility index (Phi) is 8.39. The van der Waals surface area contributed by atoms with E-state index in [2.05, 4.69) is 47.6 Å². The number of imidazole rings is 1. The number of nitrogens with zero attached hydrogens (tertiary/aromatic N) is 7. The molecule has 2 aromatic carbocycles. The van der Waals surface area contributed by atoms with Crippen LogP contribution in [0.15, 0.2) is 48.8 Å². The molecule has 1 saturated carbocycles. The van der Waals surface area contributed by atoms with E-state index in [9.17, 15) is 5.11 Å². The number of nitrogens with two attached hydrogens (primary N) is 1. The largest absolute Gasteiger partial charge is 0.496 e. The summed E-state index contributed by atoms with van der Waals surface area (Å²) in [5.74, 6) is 2.18. The summed E-state index contributed by atoms with van der Waals surface area (Å²) in [6, 6.07) is 15.1. The highest BCUT2D eigenvalue weighted by Crippen LogP contribution is 2.37. The molecule has 1 aliphatic carbocycles. The molecule has 3 aromatic heterocycles. The van der Waals surface area contributed by atoms with E-state index in [4.69, 9.17) is 20.6 Å². The fourth-order valence-corrected chi connectivity index (χ4v) is 7.23. The van der Waals surface area contributed by atoms with E-state index < -0.39 is 5.60 Å². The molecule has 2 aliphatic rings. The zero-order valence-corrected chi connectivity index (χ0v) is 27.1. The fraction of sp³-hybridized carbons (Fsp3) is 0.486. The van der Waals surface area contributed by atoms with Crippen molar-refractivity contribution in [2.75, 3.05) is 45.6 Å². The van der Waals surface area contributed by atoms with Crippen molar-refractivity contribution in [3.63, 3.8) is 0 Å². The smallest absolute Gasteiger partial charge is 0.164 e. The number of aliphatic hydroxyl groups is 1. The predicted octanol–water partition coefficient (Wildman–Crippen LogP) is 4.81. The number of benzene rings is 2. The van der Waals surface area contributed by atoms with Crippen molar-refractivity contribution in [3.8, 4) is 17.0 Å². The Morgan fingerprint density at radius 3 is 2.52 bits per heavy atom. The summed E-state index contributed by atoms with van der Waals surface area (Å²) in [6.45, 7) is 9.08. The first kappa shape index (κ1) is 30.6. The molecule has 0 amide bonds. The Bertz CT molecular complexity index is 1810. The van der Waals surface area contributed by atoms with Gasteiger partial charge >= 0.3 is 0 Å². The normalized spacial score (nSPS) is 20.1. The van der Waals surface area contributed by atoms with Crippen LogP contribution in [0.3, 0.4) is 0 Å². The number of ether oxygens (including phenoxy) is 1. The number of H-pyrrole nitrogens is 1. The van der Waals surface area contributed by atoms with Crippen LogP contribution in [-0.4, -0.2) is 96.1 Å². The van der Waals surface area contributed by atoms with Crippen molar-refractivity contribution in [1.29, 1.82) is 0 Å². The van der Waals surface area contributed by atoms with Gasteiger partial charge in [0.15, 0.2) is 5.65 Å². The van der Waals surface area contributed by atoms with Gasteiger partial charge in [-0.25, -0.2) is 19.6 Å². The molecule has 4 heterocycles. The summed E-state index contributed by atoms with van der Waals surface area (Å²) < 4.78 is 7.65. The topological polar surface area (TPSA) is 134 Å². The summed E-state index contributed by atoms with van der Waals surface area (Å²) >= 11 is 0. The van der Waals surface area contributed by atoms with Crippen LogP contribution in [0.4, 0.5) is 5.82 Å². The zero-order chi connectivity index (χ0) is 31.8. The average molecular weight is 624 g/mol. The molecule has 0 spiro atoms. The molecule has 1 aliphatic heterocycles. The lowest BCUT2D eigenvalue weighted by atomic mass is 9.90. The molecule has 5 aromatic rings. The molecule has 11 heteroatoms. The number of methoxy groups -OCH3 is 1. The number of aromatic amines is 1. The molecular formula is C35H45N9O2. The Morgan fingerprint density at radius 1 is 1.00 bits per heavy atom. The molecule has 242 valence electrons. The molecule has 0 radical (unpaired) electrons. The second kappa shape index (κ2) is 12.6. The van der Waals surface area contributed by atoms with Crippen LogP contribution in [0, 0.1) is 0 Å². The van der Waals surface area contributed by atoms with Gasteiger partial charge in [0.25, 0.3) is 0 Å². The summed E-state index contributed by atoms with van der Waals surface area (Å²) in [4.78, 5) is 22.5. The van der Waals surface area contributed by atoms with Crippen molar-refractivity contribution in [2.45, 2.75) is 70.1 Å². The van der Waals surface area contributed by atoms with Crippen LogP contribution >= 0.6 is 0 Å². The number of aromatic nitrogens is 6. The van der Waals surface area contributed by atoms with Gasteiger partial charge in [0.05, 0.1) is 35.2 Å². The maximum absolute atomic E-state index is 10.1. The monoisotopic (exact) mass is 623 g/mol. The van der Waals surface area contributed by atoms with E-state index in [1.807, 2.05) is 38.1 Å². The van der Waals surface area contributed by atoms with Gasteiger partial charge in [0.1, 0.15) is 29.4 Å². The molecule has 2 fully saturated rings. The number of piperazine rings is 1. The molecule has 46 heavy (non-hydrogen) atoms. The second-order valence-electron chi connectivity index (χ2n) is 13.6. The number of hydrogen-bond donors (Lipinski definition) is 3. The molecule has 0 bridgehead atoms. The molecule has 0 atom stereocenters. The van der Waals surface area contributed by atoms with Crippen molar-refractivity contribution in [2.24, 2.45) is 0 Å². The van der Waals surface area contributed by atoms with Crippen molar-refractivity contribution < 1.29 is 9.84 Å². The minimum atomic E-state index is -0.603. The van der Waals surface area contributed by atoms with Gasteiger partial charge < -0.3 is 25.5 Å². The van der Waals surface area contributed by atoms with Crippen molar-refractivity contribution in [1.82, 2.24) is 39.5 Å². The lowest BCUT2D eigenvalue weighted by Crippen LogP contribution is -2.51. The summed E-state index contributed by atoms with van der Waals surface area (Å²) in [7, 11) is 1.69. The number of nitrogen functional groups attached to an aromatic ring is 1. The third-order valence-electron chi connectivity index (χ3n) is 9.85. The maximum Gasteiger partial charge on any atom is 0.164 e. The molecule has 0 unspecified atom stereocenters. The first-order valence-corrected chi connectivity index (χ1v) is 16.5. The molecule has 11 nitrogen and oxygen atoms in total. The third kappa shape index (κ3) is 6.31. The number of hydrogen-bond acceptors (Lipinski definition) is 9. The van der Waals surface area contributed by atoms with E-state index in [0.29, 0.717) is 18.3 Å². The lowest BCUT2D eigenvalue weighted by molar-refractivity contribution is 0.0356. The summed E-state index contributed by atoms with van der Waals surface area (Å²) in [5.41, 5.74) is 11.4. The average Bonchev–Trinajstić information content (AvgIpc) is 3.66. The van der Waals surface area contributed by atoms with E-state index >= 15 is 0 Å². The fourth-order valence-electron chi connectivity index (χ4n) is 7.23. The predicted molar refractivity (Wildman–Crippen MR) is 181 cm³/mol. The Balaban J connectivity index is 1.07. The summed E-state index contributed by atoms with van der Waals surface area (Å²) in [6.07, 6.45) is 7.39. The molecule has 7 rings (SSSR count). The molecular weight excluding hydrogens is 578 g/mol. The van der Waals surface area contributed by atoms with Gasteiger partial charge in [-0.1, -0.05) is 24.3 Å². The second-order valence-corrected chi connectivity index (χ2v) is 13.6. The number of nitrogens with one attached hydrogen (secondary N) is 1. The molecule has 4 N–H and O–H groups in total. The van der Waals surface area contributed by atoms with Gasteiger partial charge in [-0.05, 0) is 64.2 Å². The maximum atomic E-state index is 10.1. The highest BCUT2D eigenvalue weighted by molar-refractivity contribution is 5.99. The van der Waals surface area contributed by atoms with Gasteiger partial charge in [-0.15, -0.1) is 0 Å². The van der Waals surface area contributed by atoms with Crippen LogP contribution in [0.25, 0.3) is 33.3 Å². The highest BCUT2D eigenvalue weighted by Gasteiger charge is 2.31. The van der Waals surface area contributed by atoms with E-state index in [1.165, 1.54) is 0 Å². The number of para-hydroxylation sites is 1. The zero-order valence-electron chi connectivity index (χ0n) is 27.1. The number of rotatable bonds is 9. The minimum absolute atomic E-state index is 0.262. The van der Waals surface area contributed by atoms with Crippen LogP contribution in [0.5, 0.6) is 5.75 Å². The minimum Gasteiger partial charge on any atom is -0.496 e. The van der Waals surface area contributed by atoms with E-state index in [1.54, 1.807) is 13.4 Å². The van der Waals surface area contributed by atoms with E-state index in [-0.39, 0.29) is 6.04 Å². The van der Waals surface area contributed by atoms with Crippen LogP contribution in [0.1, 0.15) is 63.4 Å². The Morgan fingerprint density at radius 2 is 1.76 bits per heavy atom.